The molecule has 0 aromatic heterocycles. The Bertz CT molecular complexity index is 194. The smallest absolute Gasteiger partial charge is 0.266 e. The zero-order valence-corrected chi connectivity index (χ0v) is 8.53. The first kappa shape index (κ1) is 10.5. The van der Waals surface area contributed by atoms with Crippen LogP contribution in [0, 0.1) is 0 Å². The van der Waals surface area contributed by atoms with Crippen LogP contribution >= 0.6 is 0 Å². The molecule has 0 aromatic carbocycles. The predicted molar refractivity (Wildman–Crippen MR) is 50.1 cm³/mol. The normalized spacial score (nSPS) is 25.8. The second-order valence-electron chi connectivity index (χ2n) is 3.62. The summed E-state index contributed by atoms with van der Waals surface area (Å²) >= 11 is 0. The highest BCUT2D eigenvalue weighted by Gasteiger charge is 2.33. The third-order valence-electron chi connectivity index (χ3n) is 2.52. The summed E-state index contributed by atoms with van der Waals surface area (Å²) in [6.07, 6.45) is -0.936. The highest BCUT2D eigenvalue weighted by Crippen LogP contribution is 2.11. The first-order chi connectivity index (χ1) is 6.07. The standard InChI is InChI=1S/C9H18N2O2/c1-4-10-5-6-11(7(2)3)9(13)8(10)12/h7,9,13H,4-6H2,1-3H3. The van der Waals surface area contributed by atoms with Gasteiger partial charge in [0.15, 0.2) is 6.23 Å². The van der Waals surface area contributed by atoms with E-state index in [1.807, 2.05) is 25.7 Å². The average molecular weight is 186 g/mol. The molecular weight excluding hydrogens is 168 g/mol. The number of rotatable bonds is 2. The van der Waals surface area contributed by atoms with Crippen molar-refractivity contribution in [3.63, 3.8) is 0 Å². The van der Waals surface area contributed by atoms with Gasteiger partial charge in [0.25, 0.3) is 5.91 Å². The monoisotopic (exact) mass is 186 g/mol. The van der Waals surface area contributed by atoms with Crippen molar-refractivity contribution in [3.05, 3.63) is 0 Å². The highest BCUT2D eigenvalue weighted by molar-refractivity contribution is 5.81. The number of carbonyl (C=O) groups excluding carboxylic acids is 1. The second kappa shape index (κ2) is 4.07. The van der Waals surface area contributed by atoms with Gasteiger partial charge < -0.3 is 10.0 Å². The molecule has 4 nitrogen and oxygen atoms in total. The van der Waals surface area contributed by atoms with Gasteiger partial charge in [-0.05, 0) is 20.8 Å². The van der Waals surface area contributed by atoms with E-state index in [0.717, 1.165) is 13.1 Å². The summed E-state index contributed by atoms with van der Waals surface area (Å²) in [5, 5.41) is 9.64. The summed E-state index contributed by atoms with van der Waals surface area (Å²) in [5.74, 6) is -0.164. The Kier molecular flexibility index (Phi) is 3.27. The van der Waals surface area contributed by atoms with Crippen molar-refractivity contribution in [2.75, 3.05) is 19.6 Å². The Morgan fingerprint density at radius 1 is 1.54 bits per heavy atom. The molecule has 76 valence electrons. The molecule has 1 atom stereocenters. The van der Waals surface area contributed by atoms with Gasteiger partial charge in [-0.3, -0.25) is 9.69 Å². The van der Waals surface area contributed by atoms with E-state index in [2.05, 4.69) is 0 Å². The Labute approximate surface area is 79.1 Å². The van der Waals surface area contributed by atoms with Gasteiger partial charge >= 0.3 is 0 Å². The molecule has 0 aromatic rings. The van der Waals surface area contributed by atoms with Crippen LogP contribution in [-0.2, 0) is 4.79 Å². The van der Waals surface area contributed by atoms with Crippen LogP contribution < -0.4 is 0 Å². The van der Waals surface area contributed by atoms with Gasteiger partial charge in [-0.2, -0.15) is 0 Å². The van der Waals surface area contributed by atoms with Crippen molar-refractivity contribution < 1.29 is 9.90 Å². The number of hydrogen-bond donors (Lipinski definition) is 1. The van der Waals surface area contributed by atoms with E-state index in [-0.39, 0.29) is 11.9 Å². The highest BCUT2D eigenvalue weighted by atomic mass is 16.3. The van der Waals surface area contributed by atoms with Crippen LogP contribution in [-0.4, -0.2) is 52.7 Å². The third-order valence-corrected chi connectivity index (χ3v) is 2.52. The largest absolute Gasteiger partial charge is 0.370 e. The lowest BCUT2D eigenvalue weighted by atomic mass is 10.2. The van der Waals surface area contributed by atoms with E-state index in [0.29, 0.717) is 6.54 Å². The fraction of sp³-hybridized carbons (Fsp3) is 0.889. The van der Waals surface area contributed by atoms with Gasteiger partial charge in [-0.1, -0.05) is 0 Å². The van der Waals surface area contributed by atoms with Crippen LogP contribution in [0.4, 0.5) is 0 Å². The molecule has 1 saturated heterocycles. The SMILES string of the molecule is CCN1CCN(C(C)C)C(O)C1=O. The Morgan fingerprint density at radius 2 is 2.15 bits per heavy atom. The zero-order chi connectivity index (χ0) is 10.0. The fourth-order valence-electron chi connectivity index (χ4n) is 1.63. The molecule has 4 heteroatoms. The Morgan fingerprint density at radius 3 is 2.62 bits per heavy atom. The maximum absolute atomic E-state index is 11.5. The van der Waals surface area contributed by atoms with Gasteiger partial charge in [0, 0.05) is 25.7 Å². The summed E-state index contributed by atoms with van der Waals surface area (Å²) in [7, 11) is 0. The number of likely N-dealkylation sites (N-methyl/N-ethyl adjacent to an activating group) is 1. The van der Waals surface area contributed by atoms with Gasteiger partial charge in [-0.15, -0.1) is 0 Å². The van der Waals surface area contributed by atoms with Crippen LogP contribution in [0.25, 0.3) is 0 Å². The lowest BCUT2D eigenvalue weighted by molar-refractivity contribution is -0.160. The molecule has 1 aliphatic heterocycles. The maximum Gasteiger partial charge on any atom is 0.266 e. The van der Waals surface area contributed by atoms with Crippen molar-refractivity contribution in [3.8, 4) is 0 Å². The molecular formula is C9H18N2O2. The lowest BCUT2D eigenvalue weighted by Gasteiger charge is -2.39. The van der Waals surface area contributed by atoms with Crippen LogP contribution in [0.3, 0.4) is 0 Å². The molecule has 1 unspecified atom stereocenters. The van der Waals surface area contributed by atoms with Crippen molar-refractivity contribution in [2.24, 2.45) is 0 Å². The van der Waals surface area contributed by atoms with E-state index < -0.39 is 6.23 Å². The van der Waals surface area contributed by atoms with Gasteiger partial charge in [0.05, 0.1) is 0 Å². The van der Waals surface area contributed by atoms with E-state index in [1.165, 1.54) is 0 Å². The predicted octanol–water partition coefficient (Wildman–Crippen LogP) is -0.123. The summed E-state index contributed by atoms with van der Waals surface area (Å²) in [6, 6.07) is 0.220. The van der Waals surface area contributed by atoms with Crippen LogP contribution in [0.5, 0.6) is 0 Å². The molecule has 1 aliphatic rings. The molecule has 1 heterocycles. The van der Waals surface area contributed by atoms with E-state index in [4.69, 9.17) is 0 Å². The van der Waals surface area contributed by atoms with Gasteiger partial charge in [-0.25, -0.2) is 0 Å². The summed E-state index contributed by atoms with van der Waals surface area (Å²) in [5.41, 5.74) is 0. The van der Waals surface area contributed by atoms with E-state index >= 15 is 0 Å². The Hall–Kier alpha value is -0.610. The van der Waals surface area contributed by atoms with Gasteiger partial charge in [0.1, 0.15) is 0 Å². The van der Waals surface area contributed by atoms with Gasteiger partial charge in [0.2, 0.25) is 0 Å². The van der Waals surface area contributed by atoms with Crippen molar-refractivity contribution in [1.82, 2.24) is 9.80 Å². The second-order valence-corrected chi connectivity index (χ2v) is 3.62. The molecule has 0 aliphatic carbocycles. The molecule has 1 fully saturated rings. The summed E-state index contributed by atoms with van der Waals surface area (Å²) in [6.45, 7) is 8.07. The maximum atomic E-state index is 11.5. The average Bonchev–Trinajstić information content (AvgIpc) is 2.09. The minimum atomic E-state index is -0.936. The first-order valence-electron chi connectivity index (χ1n) is 4.80. The Balaban J connectivity index is 2.64. The molecule has 0 radical (unpaired) electrons. The molecule has 0 spiro atoms. The lowest BCUT2D eigenvalue weighted by Crippen LogP contribution is -2.58. The molecule has 13 heavy (non-hydrogen) atoms. The number of amides is 1. The van der Waals surface area contributed by atoms with Crippen molar-refractivity contribution >= 4 is 5.91 Å². The number of hydrogen-bond acceptors (Lipinski definition) is 3. The van der Waals surface area contributed by atoms with Crippen LogP contribution in [0.1, 0.15) is 20.8 Å². The molecule has 1 amide bonds. The van der Waals surface area contributed by atoms with Crippen molar-refractivity contribution in [2.45, 2.75) is 33.0 Å². The number of piperazine rings is 1. The topological polar surface area (TPSA) is 43.8 Å². The minimum Gasteiger partial charge on any atom is -0.370 e. The number of nitrogens with zero attached hydrogens (tertiary/aromatic N) is 2. The first-order valence-corrected chi connectivity index (χ1v) is 4.80. The number of aliphatic hydroxyl groups is 1. The molecule has 0 saturated carbocycles. The zero-order valence-electron chi connectivity index (χ0n) is 8.53. The quantitative estimate of drug-likeness (QED) is 0.653. The summed E-state index contributed by atoms with van der Waals surface area (Å²) in [4.78, 5) is 15.0. The van der Waals surface area contributed by atoms with Crippen molar-refractivity contribution in [1.29, 1.82) is 0 Å². The van der Waals surface area contributed by atoms with E-state index in [9.17, 15) is 9.90 Å². The molecule has 0 bridgehead atoms. The van der Waals surface area contributed by atoms with Crippen LogP contribution in [0.15, 0.2) is 0 Å². The minimum absolute atomic E-state index is 0.164. The summed E-state index contributed by atoms with van der Waals surface area (Å²) < 4.78 is 0. The number of carbonyl (C=O) groups is 1. The van der Waals surface area contributed by atoms with E-state index in [1.54, 1.807) is 4.90 Å². The fourth-order valence-corrected chi connectivity index (χ4v) is 1.63. The third kappa shape index (κ3) is 2.00. The molecule has 1 rings (SSSR count). The van der Waals surface area contributed by atoms with Crippen LogP contribution in [0.2, 0.25) is 0 Å². The molecule has 1 N–H and O–H groups in total. The number of aliphatic hydroxyl groups excluding tert-OH is 1.